The summed E-state index contributed by atoms with van der Waals surface area (Å²) in [6.07, 6.45) is 6.27. The lowest BCUT2D eigenvalue weighted by molar-refractivity contribution is 0.102. The number of halogens is 1. The van der Waals surface area contributed by atoms with Crippen LogP contribution in [-0.2, 0) is 0 Å². The molecule has 2 atom stereocenters. The van der Waals surface area contributed by atoms with Crippen molar-refractivity contribution in [1.29, 1.82) is 0 Å². The van der Waals surface area contributed by atoms with E-state index >= 15 is 0 Å². The molecule has 0 bridgehead atoms. The molecule has 1 fully saturated rings. The topological polar surface area (TPSA) is 83.0 Å². The smallest absolute Gasteiger partial charge is 0.257 e. The number of nitrogens with zero attached hydrogens (tertiary/aromatic N) is 4. The Hall–Kier alpha value is -3.65. The Morgan fingerprint density at radius 3 is 2.59 bits per heavy atom. The zero-order valence-electron chi connectivity index (χ0n) is 17.8. The Labute approximate surface area is 184 Å². The van der Waals surface area contributed by atoms with Crippen LogP contribution in [0.2, 0.25) is 0 Å². The Balaban J connectivity index is 1.50. The molecule has 2 aromatic carbocycles. The number of fused-ring (bicyclic) bond motifs is 2. The number of rotatable bonds is 3. The third kappa shape index (κ3) is 3.73. The van der Waals surface area contributed by atoms with Crippen LogP contribution in [0.4, 0.5) is 15.8 Å². The van der Waals surface area contributed by atoms with Crippen molar-refractivity contribution in [2.24, 2.45) is 0 Å². The van der Waals surface area contributed by atoms with Gasteiger partial charge in [-0.15, -0.1) is 0 Å². The van der Waals surface area contributed by atoms with Crippen LogP contribution >= 0.6 is 0 Å². The molecule has 8 heteroatoms. The number of carbonyl (C=O) groups excluding carboxylic acids is 1. The van der Waals surface area contributed by atoms with E-state index < -0.39 is 5.82 Å². The van der Waals surface area contributed by atoms with E-state index in [9.17, 15) is 9.18 Å². The van der Waals surface area contributed by atoms with Gasteiger partial charge in [0.2, 0.25) is 0 Å². The molecule has 5 rings (SSSR count). The number of nitrogens with one attached hydrogen (secondary N) is 2. The third-order valence-electron chi connectivity index (χ3n) is 5.71. The Morgan fingerprint density at radius 2 is 1.81 bits per heavy atom. The van der Waals surface area contributed by atoms with Crippen molar-refractivity contribution in [1.82, 2.24) is 20.3 Å². The summed E-state index contributed by atoms with van der Waals surface area (Å²) in [5.41, 5.74) is 2.92. The van der Waals surface area contributed by atoms with Crippen molar-refractivity contribution in [3.8, 4) is 0 Å². The van der Waals surface area contributed by atoms with E-state index in [1.54, 1.807) is 36.8 Å². The highest BCUT2D eigenvalue weighted by Crippen LogP contribution is 2.29. The summed E-state index contributed by atoms with van der Waals surface area (Å²) < 4.78 is 14.5. The van der Waals surface area contributed by atoms with Crippen molar-refractivity contribution in [2.75, 3.05) is 23.3 Å². The van der Waals surface area contributed by atoms with Crippen LogP contribution in [-0.4, -0.2) is 46.0 Å². The zero-order chi connectivity index (χ0) is 22.2. The molecular weight excluding hydrogens is 407 g/mol. The molecule has 2 N–H and O–H groups in total. The number of hydrogen-bond acceptors (Lipinski definition) is 6. The fourth-order valence-electron chi connectivity index (χ4n) is 4.43. The second-order valence-electron chi connectivity index (χ2n) is 8.27. The summed E-state index contributed by atoms with van der Waals surface area (Å²) in [6.45, 7) is 5.98. The van der Waals surface area contributed by atoms with Crippen molar-refractivity contribution in [3.05, 3.63) is 66.5 Å². The third-order valence-corrected chi connectivity index (χ3v) is 5.71. The van der Waals surface area contributed by atoms with E-state index in [1.165, 1.54) is 12.3 Å². The molecule has 1 saturated heterocycles. The first-order valence-corrected chi connectivity index (χ1v) is 10.6. The SMILES string of the molecule is C[C@@H]1CN(c2ccc(C(=O)Nc3cc(F)c4cnccc4c3)c3nccnc23)C[C@@H](C)N1. The summed E-state index contributed by atoms with van der Waals surface area (Å²) in [4.78, 5) is 28.4. The average Bonchev–Trinajstić information content (AvgIpc) is 2.77. The second kappa shape index (κ2) is 8.12. The molecule has 0 radical (unpaired) electrons. The highest BCUT2D eigenvalue weighted by Gasteiger charge is 2.24. The fourth-order valence-corrected chi connectivity index (χ4v) is 4.43. The molecule has 7 nitrogen and oxygen atoms in total. The molecule has 32 heavy (non-hydrogen) atoms. The van der Waals surface area contributed by atoms with Crippen LogP contribution in [0.15, 0.2) is 55.1 Å². The maximum Gasteiger partial charge on any atom is 0.257 e. The van der Waals surface area contributed by atoms with Gasteiger partial charge in [0, 0.05) is 61.0 Å². The lowest BCUT2D eigenvalue weighted by Gasteiger charge is -2.38. The molecule has 2 aromatic heterocycles. The number of pyridine rings is 1. The first-order valence-electron chi connectivity index (χ1n) is 10.6. The summed E-state index contributed by atoms with van der Waals surface area (Å²) in [5, 5.41) is 7.40. The lowest BCUT2D eigenvalue weighted by atomic mass is 10.1. The minimum atomic E-state index is -0.437. The monoisotopic (exact) mass is 430 g/mol. The van der Waals surface area contributed by atoms with Gasteiger partial charge in [0.15, 0.2) is 0 Å². The van der Waals surface area contributed by atoms with Gasteiger partial charge in [0.1, 0.15) is 16.9 Å². The van der Waals surface area contributed by atoms with Crippen LogP contribution in [0, 0.1) is 5.82 Å². The summed E-state index contributed by atoms with van der Waals surface area (Å²) >= 11 is 0. The molecular formula is C24H23FN6O. The number of aromatic nitrogens is 3. The van der Waals surface area contributed by atoms with Crippen molar-refractivity contribution in [2.45, 2.75) is 25.9 Å². The van der Waals surface area contributed by atoms with E-state index in [-0.39, 0.29) is 5.91 Å². The first kappa shape index (κ1) is 20.3. The predicted octanol–water partition coefficient (Wildman–Crippen LogP) is 3.76. The van der Waals surface area contributed by atoms with Gasteiger partial charge in [-0.3, -0.25) is 19.7 Å². The number of carbonyl (C=O) groups is 1. The van der Waals surface area contributed by atoms with E-state index in [2.05, 4.69) is 44.3 Å². The van der Waals surface area contributed by atoms with Gasteiger partial charge >= 0.3 is 0 Å². The molecule has 1 amide bonds. The number of amides is 1. The summed E-state index contributed by atoms with van der Waals surface area (Å²) in [7, 11) is 0. The Bertz CT molecular complexity index is 1320. The van der Waals surface area contributed by atoms with Gasteiger partial charge in [0.05, 0.1) is 11.3 Å². The maximum atomic E-state index is 14.5. The molecule has 162 valence electrons. The molecule has 0 unspecified atom stereocenters. The van der Waals surface area contributed by atoms with Crippen molar-refractivity contribution in [3.63, 3.8) is 0 Å². The number of hydrogen-bond donors (Lipinski definition) is 2. The fraction of sp³-hybridized carbons (Fsp3) is 0.250. The van der Waals surface area contributed by atoms with Crippen LogP contribution in [0.25, 0.3) is 21.8 Å². The second-order valence-corrected chi connectivity index (χ2v) is 8.27. The van der Waals surface area contributed by atoms with Crippen molar-refractivity contribution < 1.29 is 9.18 Å². The lowest BCUT2D eigenvalue weighted by Crippen LogP contribution is -2.54. The molecule has 1 aliphatic heterocycles. The van der Waals surface area contributed by atoms with E-state index in [1.807, 2.05) is 6.07 Å². The summed E-state index contributed by atoms with van der Waals surface area (Å²) in [6, 6.07) is 9.10. The van der Waals surface area contributed by atoms with Gasteiger partial charge in [0.25, 0.3) is 5.91 Å². The number of anilines is 2. The van der Waals surface area contributed by atoms with E-state index in [4.69, 9.17) is 0 Å². The zero-order valence-corrected chi connectivity index (χ0v) is 17.8. The van der Waals surface area contributed by atoms with Gasteiger partial charge in [-0.2, -0.15) is 0 Å². The van der Waals surface area contributed by atoms with Crippen molar-refractivity contribution >= 4 is 39.1 Å². The van der Waals surface area contributed by atoms with E-state index in [0.29, 0.717) is 45.1 Å². The number of benzene rings is 2. The predicted molar refractivity (Wildman–Crippen MR) is 123 cm³/mol. The van der Waals surface area contributed by atoms with Gasteiger partial charge in [-0.05, 0) is 49.6 Å². The van der Waals surface area contributed by atoms with Crippen LogP contribution in [0.3, 0.4) is 0 Å². The molecule has 0 aliphatic carbocycles. The Kier molecular flexibility index (Phi) is 5.14. The maximum absolute atomic E-state index is 14.5. The highest BCUT2D eigenvalue weighted by atomic mass is 19.1. The largest absolute Gasteiger partial charge is 0.367 e. The highest BCUT2D eigenvalue weighted by molar-refractivity contribution is 6.13. The minimum absolute atomic E-state index is 0.339. The molecule has 3 heterocycles. The molecule has 0 saturated carbocycles. The van der Waals surface area contributed by atoms with Crippen LogP contribution in [0.5, 0.6) is 0 Å². The number of piperazine rings is 1. The normalized spacial score (nSPS) is 18.8. The standard InChI is InChI=1S/C24H23FN6O/c1-14-12-31(13-15(2)29-14)21-4-3-18(22-23(21)28-8-7-27-22)24(32)30-17-9-16-5-6-26-11-19(16)20(25)10-17/h3-11,14-15,29H,12-13H2,1-2H3,(H,30,32)/t14-,15-/m1/s1. The minimum Gasteiger partial charge on any atom is -0.367 e. The molecule has 1 aliphatic rings. The average molecular weight is 430 g/mol. The Morgan fingerprint density at radius 1 is 1.06 bits per heavy atom. The molecule has 4 aromatic rings. The van der Waals surface area contributed by atoms with Gasteiger partial charge < -0.3 is 15.5 Å². The van der Waals surface area contributed by atoms with Gasteiger partial charge in [-0.25, -0.2) is 4.39 Å². The van der Waals surface area contributed by atoms with Gasteiger partial charge in [-0.1, -0.05) is 0 Å². The van der Waals surface area contributed by atoms with Crippen LogP contribution < -0.4 is 15.5 Å². The molecule has 0 spiro atoms. The quantitative estimate of drug-likeness (QED) is 0.515. The first-order chi connectivity index (χ1) is 15.5. The van der Waals surface area contributed by atoms with E-state index in [0.717, 1.165) is 18.8 Å². The summed E-state index contributed by atoms with van der Waals surface area (Å²) in [5.74, 6) is -0.801. The van der Waals surface area contributed by atoms with Crippen LogP contribution in [0.1, 0.15) is 24.2 Å².